The van der Waals surface area contributed by atoms with E-state index in [1.807, 2.05) is 24.3 Å². The molecule has 1 unspecified atom stereocenters. The number of fused-ring (bicyclic) bond motifs is 1. The first-order chi connectivity index (χ1) is 5.77. The Morgan fingerprint density at radius 1 is 1.46 bits per heavy atom. The predicted octanol–water partition coefficient (Wildman–Crippen LogP) is 0.459. The molecule has 0 saturated heterocycles. The summed E-state index contributed by atoms with van der Waals surface area (Å²) in [5, 5.41) is 11.7. The number of hydrogen-bond donors (Lipinski definition) is 2. The van der Waals surface area contributed by atoms with Crippen molar-refractivity contribution in [2.45, 2.75) is 12.5 Å². The SMILES string of the molecule is O=C(O)C1Cc2ccccc2N1.[NaH]. The molecule has 1 atom stereocenters. The summed E-state index contributed by atoms with van der Waals surface area (Å²) in [6.45, 7) is 0. The molecule has 2 rings (SSSR count). The van der Waals surface area contributed by atoms with Crippen molar-refractivity contribution in [1.29, 1.82) is 0 Å². The molecule has 0 saturated carbocycles. The van der Waals surface area contributed by atoms with Crippen LogP contribution in [0, 0.1) is 0 Å². The molecular formula is C9H10NNaO2. The first-order valence-electron chi connectivity index (χ1n) is 3.84. The van der Waals surface area contributed by atoms with Crippen molar-refractivity contribution in [1.82, 2.24) is 0 Å². The second-order valence-corrected chi connectivity index (χ2v) is 2.90. The number of benzene rings is 1. The Hall–Kier alpha value is -0.510. The summed E-state index contributed by atoms with van der Waals surface area (Å²) in [4.78, 5) is 10.6. The fraction of sp³-hybridized carbons (Fsp3) is 0.222. The fourth-order valence-corrected chi connectivity index (χ4v) is 1.45. The number of nitrogens with one attached hydrogen (secondary N) is 1. The van der Waals surface area contributed by atoms with Gasteiger partial charge in [-0.15, -0.1) is 0 Å². The van der Waals surface area contributed by atoms with Gasteiger partial charge in [-0.25, -0.2) is 4.79 Å². The van der Waals surface area contributed by atoms with Gasteiger partial charge < -0.3 is 10.4 Å². The topological polar surface area (TPSA) is 49.3 Å². The normalized spacial score (nSPS) is 18.3. The van der Waals surface area contributed by atoms with Gasteiger partial charge in [-0.3, -0.25) is 0 Å². The van der Waals surface area contributed by atoms with Gasteiger partial charge in [0.05, 0.1) is 0 Å². The number of carboxylic acids is 1. The van der Waals surface area contributed by atoms with E-state index in [0.29, 0.717) is 6.42 Å². The van der Waals surface area contributed by atoms with E-state index in [1.54, 1.807) is 0 Å². The Morgan fingerprint density at radius 3 is 2.77 bits per heavy atom. The van der Waals surface area contributed by atoms with Gasteiger partial charge in [-0.1, -0.05) is 18.2 Å². The zero-order valence-electron chi connectivity index (χ0n) is 6.45. The Labute approximate surface area is 98.4 Å². The van der Waals surface area contributed by atoms with Crippen molar-refractivity contribution in [3.8, 4) is 0 Å². The van der Waals surface area contributed by atoms with Gasteiger partial charge in [0, 0.05) is 12.1 Å². The summed E-state index contributed by atoms with van der Waals surface area (Å²) in [6.07, 6.45) is 0.589. The average Bonchev–Trinajstić information content (AvgIpc) is 2.46. The second kappa shape index (κ2) is 4.13. The number of anilines is 1. The number of para-hydroxylation sites is 1. The van der Waals surface area contributed by atoms with Crippen LogP contribution in [0.4, 0.5) is 5.69 Å². The molecular weight excluding hydrogens is 177 g/mol. The van der Waals surface area contributed by atoms with Crippen LogP contribution in [-0.2, 0) is 11.2 Å². The molecule has 1 aromatic rings. The van der Waals surface area contributed by atoms with Crippen molar-refractivity contribution in [3.05, 3.63) is 29.8 Å². The first-order valence-corrected chi connectivity index (χ1v) is 3.84. The molecule has 0 spiro atoms. The molecule has 1 aromatic carbocycles. The summed E-state index contributed by atoms with van der Waals surface area (Å²) < 4.78 is 0. The monoisotopic (exact) mass is 187 g/mol. The molecule has 0 radical (unpaired) electrons. The van der Waals surface area contributed by atoms with Crippen LogP contribution in [0.3, 0.4) is 0 Å². The average molecular weight is 187 g/mol. The Bertz CT molecular complexity index is 302. The van der Waals surface area contributed by atoms with Crippen LogP contribution in [0.5, 0.6) is 0 Å². The summed E-state index contributed by atoms with van der Waals surface area (Å²) in [5.41, 5.74) is 2.04. The standard InChI is InChI=1S/C9H9NO2.Na.H/c11-9(12)8-5-6-3-1-2-4-7(6)10-8;;/h1-4,8,10H,5H2,(H,11,12);;. The molecule has 0 aromatic heterocycles. The third-order valence-electron chi connectivity index (χ3n) is 2.07. The van der Waals surface area contributed by atoms with E-state index in [0.717, 1.165) is 11.3 Å². The molecule has 4 heteroatoms. The number of hydrogen-bond acceptors (Lipinski definition) is 2. The van der Waals surface area contributed by atoms with Crippen LogP contribution in [-0.4, -0.2) is 46.7 Å². The second-order valence-electron chi connectivity index (χ2n) is 2.90. The molecule has 1 aliphatic heterocycles. The molecule has 0 fully saturated rings. The van der Waals surface area contributed by atoms with E-state index < -0.39 is 12.0 Å². The maximum absolute atomic E-state index is 10.6. The third kappa shape index (κ3) is 2.05. The van der Waals surface area contributed by atoms with Crippen LogP contribution in [0.25, 0.3) is 0 Å². The van der Waals surface area contributed by atoms with Crippen molar-refractivity contribution >= 4 is 41.2 Å². The van der Waals surface area contributed by atoms with E-state index in [2.05, 4.69) is 5.32 Å². The summed E-state index contributed by atoms with van der Waals surface area (Å²) >= 11 is 0. The Balaban J connectivity index is 0.000000845. The van der Waals surface area contributed by atoms with Gasteiger partial charge in [0.1, 0.15) is 6.04 Å². The van der Waals surface area contributed by atoms with Crippen LogP contribution in [0.2, 0.25) is 0 Å². The Kier molecular flexibility index (Phi) is 3.36. The molecule has 1 aliphatic rings. The molecule has 0 aliphatic carbocycles. The van der Waals surface area contributed by atoms with E-state index >= 15 is 0 Å². The van der Waals surface area contributed by atoms with Gasteiger partial charge >= 0.3 is 35.5 Å². The zero-order chi connectivity index (χ0) is 8.55. The van der Waals surface area contributed by atoms with Gasteiger partial charge in [-0.05, 0) is 11.6 Å². The van der Waals surface area contributed by atoms with E-state index in [1.165, 1.54) is 0 Å². The molecule has 1 heterocycles. The Morgan fingerprint density at radius 2 is 2.15 bits per heavy atom. The van der Waals surface area contributed by atoms with E-state index in [9.17, 15) is 4.79 Å². The molecule has 0 amide bonds. The van der Waals surface area contributed by atoms with Gasteiger partial charge in [0.25, 0.3) is 0 Å². The van der Waals surface area contributed by atoms with Crippen LogP contribution in [0.1, 0.15) is 5.56 Å². The summed E-state index contributed by atoms with van der Waals surface area (Å²) in [5.74, 6) is -0.786. The van der Waals surface area contributed by atoms with Crippen molar-refractivity contribution in [2.24, 2.45) is 0 Å². The number of carboxylic acid groups (broad SMARTS) is 1. The van der Waals surface area contributed by atoms with Crippen LogP contribution >= 0.6 is 0 Å². The first kappa shape index (κ1) is 10.6. The fourth-order valence-electron chi connectivity index (χ4n) is 1.45. The number of aliphatic carboxylic acids is 1. The molecule has 13 heavy (non-hydrogen) atoms. The van der Waals surface area contributed by atoms with Crippen LogP contribution < -0.4 is 5.32 Å². The van der Waals surface area contributed by atoms with Gasteiger partial charge in [0.15, 0.2) is 0 Å². The van der Waals surface area contributed by atoms with Crippen LogP contribution in [0.15, 0.2) is 24.3 Å². The van der Waals surface area contributed by atoms with Gasteiger partial charge in [0.2, 0.25) is 0 Å². The number of rotatable bonds is 1. The minimum atomic E-state index is -0.786. The quantitative estimate of drug-likeness (QED) is 0.628. The maximum atomic E-state index is 10.6. The predicted molar refractivity (Wildman–Crippen MR) is 52.3 cm³/mol. The molecule has 0 bridgehead atoms. The molecule has 64 valence electrons. The molecule has 3 nitrogen and oxygen atoms in total. The number of carbonyl (C=O) groups is 1. The zero-order valence-corrected chi connectivity index (χ0v) is 6.45. The van der Waals surface area contributed by atoms with Crippen molar-refractivity contribution < 1.29 is 9.90 Å². The minimum absolute atomic E-state index is 0. The van der Waals surface area contributed by atoms with Gasteiger partial charge in [-0.2, -0.15) is 0 Å². The van der Waals surface area contributed by atoms with E-state index in [4.69, 9.17) is 5.11 Å². The summed E-state index contributed by atoms with van der Waals surface area (Å²) in [7, 11) is 0. The van der Waals surface area contributed by atoms with Crippen molar-refractivity contribution in [3.63, 3.8) is 0 Å². The third-order valence-corrected chi connectivity index (χ3v) is 2.07. The summed E-state index contributed by atoms with van der Waals surface area (Å²) in [6, 6.07) is 7.23. The van der Waals surface area contributed by atoms with Crippen molar-refractivity contribution in [2.75, 3.05) is 5.32 Å². The van der Waals surface area contributed by atoms with E-state index in [-0.39, 0.29) is 29.6 Å². The molecule has 2 N–H and O–H groups in total.